The summed E-state index contributed by atoms with van der Waals surface area (Å²) in [4.78, 5) is 0. The van der Waals surface area contributed by atoms with Crippen LogP contribution in [0.4, 0.5) is 0 Å². The van der Waals surface area contributed by atoms with Gasteiger partial charge in [0.05, 0.1) is 0 Å². The van der Waals surface area contributed by atoms with Crippen LogP contribution in [0.15, 0.2) is 84.9 Å². The molecule has 0 aliphatic rings. The summed E-state index contributed by atoms with van der Waals surface area (Å²) in [6, 6.07) is 32.1. The summed E-state index contributed by atoms with van der Waals surface area (Å²) in [6.07, 6.45) is 2.38. The third kappa shape index (κ3) is 8.85. The van der Waals surface area contributed by atoms with Crippen molar-refractivity contribution in [3.63, 3.8) is 0 Å². The molecule has 0 saturated carbocycles. The van der Waals surface area contributed by atoms with Crippen molar-refractivity contribution in [2.24, 2.45) is 0 Å². The Morgan fingerprint density at radius 1 is 0.542 bits per heavy atom. The van der Waals surface area contributed by atoms with Crippen molar-refractivity contribution in [2.75, 3.05) is 0 Å². The molecular weight excluding hydrogens is 759 g/mol. The summed E-state index contributed by atoms with van der Waals surface area (Å²) in [5.74, 6) is 1.25. The Morgan fingerprint density at radius 3 is 1.23 bits per heavy atom. The van der Waals surface area contributed by atoms with E-state index in [1.54, 1.807) is 0 Å². The van der Waals surface area contributed by atoms with Gasteiger partial charge in [0.25, 0.3) is 0 Å². The Balaban J connectivity index is 0.000000236. The van der Waals surface area contributed by atoms with E-state index in [1.165, 1.54) is 101 Å². The molecule has 6 aromatic carbocycles. The second-order valence-electron chi connectivity index (χ2n) is 13.8. The van der Waals surface area contributed by atoms with Crippen LogP contribution in [0.2, 0.25) is 13.1 Å². The SMILES string of the molecule is CCC(C)c1cc2c(-c3cc(C)cc(C)c3C)cccc2[cH-]1.CCC(C)c1cc2c(-c3cc(C)cc(C)c3C)cccc2[cH-]1.C[Si]C.[Hf]. The van der Waals surface area contributed by atoms with Gasteiger partial charge in [-0.25, -0.2) is 0 Å². The summed E-state index contributed by atoms with van der Waals surface area (Å²) in [7, 11) is 1.08. The van der Waals surface area contributed by atoms with Crippen LogP contribution < -0.4 is 0 Å². The minimum absolute atomic E-state index is 0. The van der Waals surface area contributed by atoms with Crippen LogP contribution in [-0.4, -0.2) is 9.52 Å². The summed E-state index contributed by atoms with van der Waals surface area (Å²) >= 11 is 0. The fourth-order valence-corrected chi connectivity index (χ4v) is 6.67. The molecular formula is C46H56HfSi-2. The van der Waals surface area contributed by atoms with Gasteiger partial charge in [-0.1, -0.05) is 112 Å². The van der Waals surface area contributed by atoms with Crippen molar-refractivity contribution in [3.05, 3.63) is 129 Å². The van der Waals surface area contributed by atoms with Gasteiger partial charge in [-0.05, 0) is 86.8 Å². The maximum absolute atomic E-state index is 2.40. The number of hydrogen-bond acceptors (Lipinski definition) is 0. The van der Waals surface area contributed by atoms with Gasteiger partial charge in [-0.3, -0.25) is 0 Å². The fraction of sp³-hybridized carbons (Fsp3) is 0.348. The van der Waals surface area contributed by atoms with Crippen molar-refractivity contribution in [3.8, 4) is 22.3 Å². The standard InChI is InChI=1S/2C22H25.C2H6Si.Hf/c2*1-6-15(3)19-12-18-8-7-9-20(22(18)13-19)21-11-14(2)10-16(4)17(21)5;1-3-2;/h2*7-13,15H,6H2,1-5H3;1-2H3;/q2*-1;;. The van der Waals surface area contributed by atoms with Gasteiger partial charge < -0.3 is 0 Å². The maximum Gasteiger partial charge on any atom is 0.0307 e. The van der Waals surface area contributed by atoms with Gasteiger partial charge in [-0.15, -0.1) is 69.1 Å². The second kappa shape index (κ2) is 17.7. The van der Waals surface area contributed by atoms with Gasteiger partial charge in [-0.2, -0.15) is 12.1 Å². The van der Waals surface area contributed by atoms with E-state index in [4.69, 9.17) is 0 Å². The minimum atomic E-state index is 0. The Morgan fingerprint density at radius 2 is 0.896 bits per heavy atom. The van der Waals surface area contributed by atoms with Crippen LogP contribution in [0.25, 0.3) is 43.8 Å². The Bertz CT molecular complexity index is 1810. The van der Waals surface area contributed by atoms with Crippen molar-refractivity contribution in [2.45, 2.75) is 107 Å². The number of benzene rings is 4. The van der Waals surface area contributed by atoms with E-state index in [1.807, 2.05) is 0 Å². The summed E-state index contributed by atoms with van der Waals surface area (Å²) in [6.45, 7) is 26.7. The van der Waals surface area contributed by atoms with Gasteiger partial charge in [0.2, 0.25) is 0 Å². The number of aryl methyl sites for hydroxylation is 4. The van der Waals surface area contributed by atoms with E-state index in [0.717, 1.165) is 9.52 Å². The molecule has 2 atom stereocenters. The molecule has 0 nitrogen and oxygen atoms in total. The van der Waals surface area contributed by atoms with E-state index in [-0.39, 0.29) is 25.8 Å². The van der Waals surface area contributed by atoms with Crippen LogP contribution >= 0.6 is 0 Å². The fourth-order valence-electron chi connectivity index (χ4n) is 6.67. The normalized spacial score (nSPS) is 12.1. The summed E-state index contributed by atoms with van der Waals surface area (Å²) in [5.41, 5.74) is 16.6. The molecule has 0 aromatic heterocycles. The van der Waals surface area contributed by atoms with E-state index in [2.05, 4.69) is 167 Å². The van der Waals surface area contributed by atoms with Crippen molar-refractivity contribution in [1.82, 2.24) is 0 Å². The first-order chi connectivity index (χ1) is 22.4. The molecule has 6 rings (SSSR count). The Labute approximate surface area is 313 Å². The van der Waals surface area contributed by atoms with Crippen molar-refractivity contribution in [1.29, 1.82) is 0 Å². The molecule has 0 aliphatic carbocycles. The third-order valence-corrected chi connectivity index (χ3v) is 10.1. The number of fused-ring (bicyclic) bond motifs is 2. The van der Waals surface area contributed by atoms with Crippen LogP contribution in [0, 0.1) is 41.5 Å². The summed E-state index contributed by atoms with van der Waals surface area (Å²) in [5, 5.41) is 5.52. The van der Waals surface area contributed by atoms with Crippen LogP contribution in [0.3, 0.4) is 0 Å². The van der Waals surface area contributed by atoms with Crippen molar-refractivity contribution < 1.29 is 25.8 Å². The molecule has 0 aliphatic heterocycles. The van der Waals surface area contributed by atoms with Crippen LogP contribution in [-0.2, 0) is 25.8 Å². The minimum Gasteiger partial charge on any atom is -0.164 e. The monoisotopic (exact) mass is 816 g/mol. The van der Waals surface area contributed by atoms with Crippen molar-refractivity contribution >= 4 is 31.1 Å². The zero-order valence-corrected chi connectivity index (χ0v) is 36.2. The molecule has 2 heteroatoms. The van der Waals surface area contributed by atoms with E-state index in [9.17, 15) is 0 Å². The molecule has 48 heavy (non-hydrogen) atoms. The van der Waals surface area contributed by atoms with Crippen LogP contribution in [0.1, 0.15) is 96.9 Å². The molecule has 2 unspecified atom stereocenters. The van der Waals surface area contributed by atoms with Gasteiger partial charge in [0.1, 0.15) is 0 Å². The topological polar surface area (TPSA) is 0 Å². The van der Waals surface area contributed by atoms with Gasteiger partial charge >= 0.3 is 0 Å². The molecule has 0 heterocycles. The molecule has 6 aromatic rings. The van der Waals surface area contributed by atoms with Gasteiger partial charge in [0.15, 0.2) is 0 Å². The van der Waals surface area contributed by atoms with E-state index in [0.29, 0.717) is 11.8 Å². The number of rotatable bonds is 6. The first-order valence-corrected chi connectivity index (χ1v) is 19.6. The molecule has 0 N–H and O–H groups in total. The second-order valence-corrected chi connectivity index (χ2v) is 14.8. The first kappa shape index (κ1) is 39.6. The average molecular weight is 816 g/mol. The third-order valence-electron chi connectivity index (χ3n) is 10.1. The quantitative estimate of drug-likeness (QED) is 0.116. The first-order valence-electron chi connectivity index (χ1n) is 17.6. The average Bonchev–Trinajstić information content (AvgIpc) is 3.69. The zero-order valence-electron chi connectivity index (χ0n) is 31.7. The van der Waals surface area contributed by atoms with E-state index >= 15 is 0 Å². The number of hydrogen-bond donors (Lipinski definition) is 0. The molecule has 2 radical (unpaired) electrons. The molecule has 0 fully saturated rings. The molecule has 0 saturated heterocycles. The predicted molar refractivity (Wildman–Crippen MR) is 213 cm³/mol. The Kier molecular flexibility index (Phi) is 14.6. The van der Waals surface area contributed by atoms with E-state index < -0.39 is 0 Å². The molecule has 250 valence electrons. The largest absolute Gasteiger partial charge is 0.164 e. The van der Waals surface area contributed by atoms with Gasteiger partial charge in [0, 0.05) is 35.4 Å². The molecule has 0 amide bonds. The zero-order chi connectivity index (χ0) is 34.4. The predicted octanol–water partition coefficient (Wildman–Crippen LogP) is 14.1. The van der Waals surface area contributed by atoms with Crippen LogP contribution in [0.5, 0.6) is 0 Å². The molecule has 0 bridgehead atoms. The smallest absolute Gasteiger partial charge is 0.0307 e. The molecule has 0 spiro atoms. The summed E-state index contributed by atoms with van der Waals surface area (Å²) < 4.78 is 0. The maximum atomic E-state index is 2.40. The Hall–Kier alpha value is -2.81.